The van der Waals surface area contributed by atoms with Gasteiger partial charge in [0.05, 0.1) is 31.6 Å². The molecular weight excluding hydrogens is 1470 g/mol. The van der Waals surface area contributed by atoms with E-state index >= 15 is 0 Å². The predicted octanol–water partition coefficient (Wildman–Crippen LogP) is -7.78. The molecule has 15 amide bonds. The Bertz CT molecular complexity index is 3170. The zero-order valence-corrected chi connectivity index (χ0v) is 62.2. The van der Waals surface area contributed by atoms with Gasteiger partial charge in [-0.15, -0.1) is 0 Å². The van der Waals surface area contributed by atoms with Gasteiger partial charge in [-0.05, 0) is 57.8 Å². The van der Waals surface area contributed by atoms with Gasteiger partial charge in [0.15, 0.2) is 0 Å². The normalized spacial score (nSPS) is 25.7. The molecule has 0 radical (unpaired) electrons. The molecule has 3 fully saturated rings. The number of carboxylic acid groups (broad SMARTS) is 4. The molecule has 24 N–H and O–H groups in total. The van der Waals surface area contributed by atoms with Gasteiger partial charge in [0.1, 0.15) is 84.6 Å². The Morgan fingerprint density at radius 1 is 0.524 bits per heavy atom. The van der Waals surface area contributed by atoms with Crippen LogP contribution in [0.2, 0.25) is 0 Å². The molecule has 3 aliphatic heterocycles. The van der Waals surface area contributed by atoms with Gasteiger partial charge in [0.25, 0.3) is 0 Å². The van der Waals surface area contributed by atoms with Gasteiger partial charge in [-0.2, -0.15) is 0 Å². The smallest absolute Gasteiger partial charge is 0.327 e. The molecular formula is C60H96N16O25S4. The van der Waals surface area contributed by atoms with Crippen LogP contribution >= 0.6 is 43.2 Å². The molecule has 590 valence electrons. The first-order valence-corrected chi connectivity index (χ1v) is 37.9. The first-order chi connectivity index (χ1) is 49.0. The summed E-state index contributed by atoms with van der Waals surface area (Å²) in [6.07, 6.45) is -9.04. The highest BCUT2D eigenvalue weighted by Crippen LogP contribution is 2.26. The number of aliphatic hydroxyl groups excluding tert-OH is 2. The van der Waals surface area contributed by atoms with Gasteiger partial charge >= 0.3 is 23.9 Å². The van der Waals surface area contributed by atoms with Gasteiger partial charge in [0, 0.05) is 35.9 Å². The van der Waals surface area contributed by atoms with Crippen LogP contribution in [-0.2, 0) is 91.1 Å². The summed E-state index contributed by atoms with van der Waals surface area (Å²) in [7, 11) is 2.62. The maximum atomic E-state index is 14.9. The van der Waals surface area contributed by atoms with Crippen molar-refractivity contribution in [2.24, 2.45) is 29.2 Å². The van der Waals surface area contributed by atoms with Crippen LogP contribution in [0.25, 0.3) is 0 Å². The molecule has 0 spiro atoms. The van der Waals surface area contributed by atoms with Crippen molar-refractivity contribution in [2.45, 2.75) is 210 Å². The standard InChI is InChI=1S/C60H96N16O25S4/c1-10-25(6)45-59(99)70-32(16-38(61)79)52(92)74-44(24(4)5)58(98)64-26(7)47(87)71-35-20-103-102-19-34(72-49(89)30(12-14-41(83)84)66-51(91)33(17-42(85)86)69-56(96)43(62)27(8)77)53(93)67-29(11-13-40(81)82)48(88)68-31(15-23(2)3)50(90)73-36(54(94)75-45)21-104-105-22-37(60(100)101)65-39(80)18-63-57(97)46(28(9)78)76-55(35)95/h23-37,43-46,77-78H,10-22,62H2,1-9H3,(H2,61,79)(H,63,97)(H,64,98)(H,65,80)(H,66,91)(H,67,93)(H,68,88)(H,69,96)(H,70,99)(H,71,87)(H,72,89)(H,73,90)(H,74,92)(H,75,94)(H,76,95)(H,81,82)(H,83,84)(H,85,86)(H,100,101)/t25-,26-,27+,28+,29-,30-,31-,32-,33-,34-,35-,36-,37-,43-,44-,45-,46-/m0/s1. The summed E-state index contributed by atoms with van der Waals surface area (Å²) in [6.45, 7) is 11.5. The summed E-state index contributed by atoms with van der Waals surface area (Å²) >= 11 is 0. The van der Waals surface area contributed by atoms with E-state index in [1.54, 1.807) is 20.8 Å². The second-order valence-corrected chi connectivity index (χ2v) is 30.5. The number of fused-ring (bicyclic) bond motifs is 37. The zero-order chi connectivity index (χ0) is 79.9. The molecule has 0 aromatic heterocycles. The van der Waals surface area contributed by atoms with E-state index in [0.29, 0.717) is 32.4 Å². The average Bonchev–Trinajstić information content (AvgIpc) is 0.903. The number of hydrogen-bond acceptors (Lipinski definition) is 26. The van der Waals surface area contributed by atoms with Crippen LogP contribution in [-0.4, -0.2) is 269 Å². The number of rotatable bonds is 24. The third kappa shape index (κ3) is 33.0. The number of carbonyl (C=O) groups excluding carboxylic acids is 15. The lowest BCUT2D eigenvalue weighted by Gasteiger charge is -2.30. The largest absolute Gasteiger partial charge is 0.481 e. The molecule has 3 heterocycles. The van der Waals surface area contributed by atoms with Crippen LogP contribution in [0.15, 0.2) is 0 Å². The van der Waals surface area contributed by atoms with E-state index in [9.17, 15) is 122 Å². The number of carbonyl (C=O) groups is 19. The van der Waals surface area contributed by atoms with E-state index in [1.807, 2.05) is 5.32 Å². The van der Waals surface area contributed by atoms with Gasteiger partial charge in [-0.1, -0.05) is 91.1 Å². The Labute approximate surface area is 618 Å². The molecule has 0 unspecified atom stereocenters. The van der Waals surface area contributed by atoms with Gasteiger partial charge in [0.2, 0.25) is 88.6 Å². The number of hydrogen-bond donors (Lipinski definition) is 22. The second-order valence-electron chi connectivity index (χ2n) is 25.4. The SMILES string of the molecule is CC[C@H](C)[C@@H]1NC(=O)[C@@H]2CSSC[C@@H](C(=O)O)NC(=O)CNC(=O)[C@H]([C@@H](C)O)NC(=O)[C@H](CSSC[C@H](NC(=O)[C@H](CCC(=O)O)NC(=O)[C@H](CC(=O)O)NC(=O)[C@@H](N)[C@@H](C)O)C(=O)N[C@@H](CCC(=O)O)C(=O)N[C@@H](CC(C)C)C(=O)N2)NC(=O)[C@H](C)NC(=O)[C@H](C(C)C)NC(=O)[C@H](CC(N)=O)NC1=O. The van der Waals surface area contributed by atoms with Crippen LogP contribution in [0.1, 0.15) is 114 Å². The van der Waals surface area contributed by atoms with E-state index in [0.717, 1.165) is 31.6 Å². The fourth-order valence-electron chi connectivity index (χ4n) is 9.46. The summed E-state index contributed by atoms with van der Waals surface area (Å²) in [5, 5.41) is 92.6. The molecule has 45 heteroatoms. The second kappa shape index (κ2) is 45.5. The molecule has 2 bridgehead atoms. The number of primary amides is 1. The highest BCUT2D eigenvalue weighted by Gasteiger charge is 2.40. The van der Waals surface area contributed by atoms with Crippen molar-refractivity contribution >= 4 is 156 Å². The summed E-state index contributed by atoms with van der Waals surface area (Å²) in [5.74, 6) is -29.5. The number of nitrogens with one attached hydrogen (secondary N) is 14. The Morgan fingerprint density at radius 2 is 1.03 bits per heavy atom. The van der Waals surface area contributed by atoms with Crippen molar-refractivity contribution in [1.82, 2.24) is 74.4 Å². The first kappa shape index (κ1) is 92.3. The summed E-state index contributed by atoms with van der Waals surface area (Å²) in [4.78, 5) is 260. The number of nitrogens with two attached hydrogens (primary N) is 2. The quantitative estimate of drug-likeness (QED) is 0.0315. The minimum Gasteiger partial charge on any atom is -0.481 e. The molecule has 0 aromatic carbocycles. The van der Waals surface area contributed by atoms with Crippen molar-refractivity contribution in [3.05, 3.63) is 0 Å². The van der Waals surface area contributed by atoms with Gasteiger partial charge in [-0.25, -0.2) is 4.79 Å². The molecule has 0 aliphatic carbocycles. The van der Waals surface area contributed by atoms with Crippen LogP contribution < -0.4 is 85.9 Å². The zero-order valence-electron chi connectivity index (χ0n) is 58.9. The van der Waals surface area contributed by atoms with Crippen molar-refractivity contribution < 1.29 is 122 Å². The molecule has 3 rings (SSSR count). The number of carboxylic acids is 4. The maximum Gasteiger partial charge on any atom is 0.327 e. The van der Waals surface area contributed by atoms with Gasteiger partial charge < -0.3 is 117 Å². The molecule has 0 saturated carbocycles. The van der Waals surface area contributed by atoms with Crippen molar-refractivity contribution in [1.29, 1.82) is 0 Å². The van der Waals surface area contributed by atoms with Crippen molar-refractivity contribution in [3.8, 4) is 0 Å². The lowest BCUT2D eigenvalue weighted by molar-refractivity contribution is -0.142. The molecule has 105 heavy (non-hydrogen) atoms. The molecule has 17 atom stereocenters. The maximum absolute atomic E-state index is 14.9. The number of aliphatic hydroxyl groups is 2. The van der Waals surface area contributed by atoms with Crippen LogP contribution in [0.3, 0.4) is 0 Å². The topological polar surface area (TPSA) is 666 Å². The van der Waals surface area contributed by atoms with Crippen LogP contribution in [0.5, 0.6) is 0 Å². The summed E-state index contributed by atoms with van der Waals surface area (Å²) in [5.41, 5.74) is 11.2. The molecule has 0 aromatic rings. The lowest BCUT2D eigenvalue weighted by Crippen LogP contribution is -2.62. The number of aliphatic carboxylic acids is 4. The average molecular weight is 1570 g/mol. The molecule has 3 saturated heterocycles. The molecule has 41 nitrogen and oxygen atoms in total. The Hall–Kier alpha value is -8.79. The van der Waals surface area contributed by atoms with E-state index in [4.69, 9.17) is 11.5 Å². The van der Waals surface area contributed by atoms with E-state index in [1.165, 1.54) is 20.8 Å². The van der Waals surface area contributed by atoms with Gasteiger partial charge in [-0.3, -0.25) is 86.3 Å². The first-order valence-electron chi connectivity index (χ1n) is 33.0. The minimum absolute atomic E-state index is 0.118. The lowest BCUT2D eigenvalue weighted by atomic mass is 9.97. The predicted molar refractivity (Wildman–Crippen MR) is 376 cm³/mol. The van der Waals surface area contributed by atoms with Crippen molar-refractivity contribution in [3.63, 3.8) is 0 Å². The number of amides is 15. The fraction of sp³-hybridized carbons (Fsp3) is 0.683. The Morgan fingerprint density at radius 3 is 1.55 bits per heavy atom. The van der Waals surface area contributed by atoms with E-state index in [2.05, 4.69) is 69.1 Å². The monoisotopic (exact) mass is 1570 g/mol. The molecule has 3 aliphatic rings. The Balaban J connectivity index is 3.22. The van der Waals surface area contributed by atoms with Crippen molar-refractivity contribution in [2.75, 3.05) is 29.6 Å². The fourth-order valence-corrected chi connectivity index (χ4v) is 14.1. The summed E-state index contributed by atoms with van der Waals surface area (Å²) < 4.78 is 0. The third-order valence-corrected chi connectivity index (χ3v) is 20.5. The highest BCUT2D eigenvalue weighted by atomic mass is 33.1. The highest BCUT2D eigenvalue weighted by molar-refractivity contribution is 8.77. The van der Waals surface area contributed by atoms with E-state index in [-0.39, 0.29) is 12.8 Å². The van der Waals surface area contributed by atoms with Crippen LogP contribution in [0, 0.1) is 17.8 Å². The Kier molecular flexibility index (Phi) is 40.0. The third-order valence-electron chi connectivity index (χ3n) is 15.7. The summed E-state index contributed by atoms with van der Waals surface area (Å²) in [6, 6.07) is -25.8. The van der Waals surface area contributed by atoms with E-state index < -0.39 is 295 Å². The van der Waals surface area contributed by atoms with Crippen LogP contribution in [0.4, 0.5) is 0 Å². The minimum atomic E-state index is -2.06.